The van der Waals surface area contributed by atoms with E-state index in [9.17, 15) is 4.79 Å². The van der Waals surface area contributed by atoms with Gasteiger partial charge in [-0.3, -0.25) is 9.69 Å². The van der Waals surface area contributed by atoms with Gasteiger partial charge in [-0.05, 0) is 24.6 Å². The molecule has 2 N–H and O–H groups in total. The molecule has 1 aromatic carbocycles. The Morgan fingerprint density at radius 1 is 1.41 bits per heavy atom. The van der Waals surface area contributed by atoms with E-state index in [1.165, 1.54) is 0 Å². The second-order valence-electron chi connectivity index (χ2n) is 5.34. The molecular weight excluding hydrogens is 302 g/mol. The summed E-state index contributed by atoms with van der Waals surface area (Å²) in [5.74, 6) is 0.453. The van der Waals surface area contributed by atoms with Crippen LogP contribution in [0, 0.1) is 0 Å². The minimum Gasteiger partial charge on any atom is -0.493 e. The molecular formula is C16H24ClN3O2. The highest BCUT2D eigenvalue weighted by molar-refractivity contribution is 6.31. The summed E-state index contributed by atoms with van der Waals surface area (Å²) in [6, 6.07) is 5.15. The molecule has 0 radical (unpaired) electrons. The van der Waals surface area contributed by atoms with E-state index in [2.05, 4.69) is 15.5 Å². The lowest BCUT2D eigenvalue weighted by atomic mass is 10.2. The van der Waals surface area contributed by atoms with Gasteiger partial charge in [0.1, 0.15) is 5.75 Å². The van der Waals surface area contributed by atoms with Crippen molar-refractivity contribution in [2.24, 2.45) is 0 Å². The number of benzene rings is 1. The minimum absolute atomic E-state index is 0.135. The van der Waals surface area contributed by atoms with Crippen LogP contribution in [0.4, 0.5) is 0 Å². The number of nitrogens with one attached hydrogen (secondary N) is 2. The van der Waals surface area contributed by atoms with Gasteiger partial charge < -0.3 is 15.4 Å². The molecule has 5 nitrogen and oxygen atoms in total. The summed E-state index contributed by atoms with van der Waals surface area (Å²) < 4.78 is 5.62. The van der Waals surface area contributed by atoms with Crippen LogP contribution in [0.2, 0.25) is 5.02 Å². The number of nitrogens with zero attached hydrogens (tertiary/aromatic N) is 1. The summed E-state index contributed by atoms with van der Waals surface area (Å²) in [7, 11) is 0. The van der Waals surface area contributed by atoms with Gasteiger partial charge in [0, 0.05) is 44.3 Å². The molecule has 2 rings (SSSR count). The molecule has 1 fully saturated rings. The van der Waals surface area contributed by atoms with Gasteiger partial charge in [-0.15, -0.1) is 0 Å². The van der Waals surface area contributed by atoms with E-state index in [1.807, 2.05) is 6.92 Å². The molecule has 0 spiro atoms. The Kier molecular flexibility index (Phi) is 6.96. The predicted molar refractivity (Wildman–Crippen MR) is 88.9 cm³/mol. The fourth-order valence-corrected chi connectivity index (χ4v) is 2.55. The van der Waals surface area contributed by atoms with Crippen molar-refractivity contribution >= 4 is 17.5 Å². The second-order valence-corrected chi connectivity index (χ2v) is 5.77. The normalized spacial score (nSPS) is 15.5. The Morgan fingerprint density at radius 2 is 2.18 bits per heavy atom. The van der Waals surface area contributed by atoms with Gasteiger partial charge in [0.15, 0.2) is 0 Å². The van der Waals surface area contributed by atoms with Crippen LogP contribution in [-0.4, -0.2) is 56.7 Å². The number of carbonyl (C=O) groups is 1. The molecule has 1 heterocycles. The smallest absolute Gasteiger partial charge is 0.255 e. The van der Waals surface area contributed by atoms with Crippen molar-refractivity contribution in [3.8, 4) is 5.75 Å². The lowest BCUT2D eigenvalue weighted by Gasteiger charge is -2.27. The summed E-state index contributed by atoms with van der Waals surface area (Å²) in [5, 5.41) is 6.80. The van der Waals surface area contributed by atoms with Crippen LogP contribution < -0.4 is 15.4 Å². The quantitative estimate of drug-likeness (QED) is 0.802. The van der Waals surface area contributed by atoms with E-state index in [-0.39, 0.29) is 5.91 Å². The van der Waals surface area contributed by atoms with Crippen LogP contribution in [0.3, 0.4) is 0 Å². The lowest BCUT2D eigenvalue weighted by molar-refractivity contribution is 0.0943. The van der Waals surface area contributed by atoms with E-state index in [1.54, 1.807) is 18.2 Å². The Morgan fingerprint density at radius 3 is 2.91 bits per heavy atom. The van der Waals surface area contributed by atoms with Crippen molar-refractivity contribution in [1.29, 1.82) is 0 Å². The van der Waals surface area contributed by atoms with Gasteiger partial charge in [0.2, 0.25) is 0 Å². The van der Waals surface area contributed by atoms with Crippen molar-refractivity contribution in [2.45, 2.75) is 13.3 Å². The van der Waals surface area contributed by atoms with E-state index in [0.29, 0.717) is 29.5 Å². The average Bonchev–Trinajstić information content (AvgIpc) is 2.54. The Bertz CT molecular complexity index is 490. The van der Waals surface area contributed by atoms with Crippen molar-refractivity contribution in [1.82, 2.24) is 15.5 Å². The third kappa shape index (κ3) is 5.16. The number of hydrogen-bond acceptors (Lipinski definition) is 4. The van der Waals surface area contributed by atoms with Crippen molar-refractivity contribution in [2.75, 3.05) is 45.9 Å². The molecule has 1 aromatic rings. The number of halogens is 1. The van der Waals surface area contributed by atoms with Gasteiger partial charge in [-0.2, -0.15) is 0 Å². The van der Waals surface area contributed by atoms with E-state index >= 15 is 0 Å². The van der Waals surface area contributed by atoms with Crippen LogP contribution in [0.25, 0.3) is 0 Å². The maximum atomic E-state index is 12.3. The molecule has 0 bridgehead atoms. The first kappa shape index (κ1) is 17.1. The molecule has 122 valence electrons. The number of ether oxygens (including phenoxy) is 1. The highest BCUT2D eigenvalue weighted by Gasteiger charge is 2.14. The zero-order valence-electron chi connectivity index (χ0n) is 13.0. The Hall–Kier alpha value is -1.30. The summed E-state index contributed by atoms with van der Waals surface area (Å²) in [5.41, 5.74) is 0.501. The van der Waals surface area contributed by atoms with Gasteiger partial charge in [-0.25, -0.2) is 0 Å². The number of rotatable bonds is 7. The summed E-state index contributed by atoms with van der Waals surface area (Å²) in [6.45, 7) is 8.17. The summed E-state index contributed by atoms with van der Waals surface area (Å²) in [4.78, 5) is 14.7. The fraction of sp³-hybridized carbons (Fsp3) is 0.562. The largest absolute Gasteiger partial charge is 0.493 e. The summed E-state index contributed by atoms with van der Waals surface area (Å²) in [6.07, 6.45) is 0.896. The number of piperazine rings is 1. The molecule has 22 heavy (non-hydrogen) atoms. The maximum Gasteiger partial charge on any atom is 0.255 e. The predicted octanol–water partition coefficient (Wildman–Crippen LogP) is 1.76. The topological polar surface area (TPSA) is 53.6 Å². The van der Waals surface area contributed by atoms with Gasteiger partial charge in [-0.1, -0.05) is 18.5 Å². The standard InChI is InChI=1S/C16H24ClN3O2/c1-2-11-22-15-4-3-13(17)12-14(15)16(21)19-7-10-20-8-5-18-6-9-20/h3-4,12,18H,2,5-11H2,1H3,(H,19,21). The number of amides is 1. The molecule has 1 aliphatic heterocycles. The second kappa shape index (κ2) is 8.98. The maximum absolute atomic E-state index is 12.3. The van der Waals surface area contributed by atoms with Gasteiger partial charge >= 0.3 is 0 Å². The zero-order chi connectivity index (χ0) is 15.8. The fourth-order valence-electron chi connectivity index (χ4n) is 2.38. The minimum atomic E-state index is -0.135. The first-order valence-corrected chi connectivity index (χ1v) is 8.22. The lowest BCUT2D eigenvalue weighted by Crippen LogP contribution is -2.46. The van der Waals surface area contributed by atoms with Crippen LogP contribution in [0.1, 0.15) is 23.7 Å². The molecule has 6 heteroatoms. The highest BCUT2D eigenvalue weighted by atomic mass is 35.5. The number of hydrogen-bond donors (Lipinski definition) is 2. The third-order valence-electron chi connectivity index (χ3n) is 3.57. The van der Waals surface area contributed by atoms with Gasteiger partial charge in [0.25, 0.3) is 5.91 Å². The Labute approximate surface area is 137 Å². The van der Waals surface area contributed by atoms with E-state index in [4.69, 9.17) is 16.3 Å². The zero-order valence-corrected chi connectivity index (χ0v) is 13.8. The molecule has 0 atom stereocenters. The first-order valence-electron chi connectivity index (χ1n) is 7.84. The van der Waals surface area contributed by atoms with Crippen molar-refractivity contribution in [3.05, 3.63) is 28.8 Å². The summed E-state index contributed by atoms with van der Waals surface area (Å²) >= 11 is 6.00. The van der Waals surface area contributed by atoms with Crippen molar-refractivity contribution in [3.63, 3.8) is 0 Å². The Balaban J connectivity index is 1.88. The first-order chi connectivity index (χ1) is 10.7. The monoisotopic (exact) mass is 325 g/mol. The molecule has 1 amide bonds. The van der Waals surface area contributed by atoms with E-state index < -0.39 is 0 Å². The van der Waals surface area contributed by atoms with Gasteiger partial charge in [0.05, 0.1) is 12.2 Å². The van der Waals surface area contributed by atoms with Crippen molar-refractivity contribution < 1.29 is 9.53 Å². The van der Waals surface area contributed by atoms with Crippen LogP contribution >= 0.6 is 11.6 Å². The molecule has 0 aliphatic carbocycles. The number of carbonyl (C=O) groups excluding carboxylic acids is 1. The van der Waals surface area contributed by atoms with Crippen LogP contribution in [0.5, 0.6) is 5.75 Å². The SMILES string of the molecule is CCCOc1ccc(Cl)cc1C(=O)NCCN1CCNCC1. The highest BCUT2D eigenvalue weighted by Crippen LogP contribution is 2.23. The molecule has 0 aromatic heterocycles. The third-order valence-corrected chi connectivity index (χ3v) is 3.81. The van der Waals surface area contributed by atoms with Crippen LogP contribution in [0.15, 0.2) is 18.2 Å². The van der Waals surface area contributed by atoms with E-state index in [0.717, 1.165) is 39.1 Å². The molecule has 0 saturated carbocycles. The molecule has 0 unspecified atom stereocenters. The molecule has 1 saturated heterocycles. The van der Waals surface area contributed by atoms with Crippen LogP contribution in [-0.2, 0) is 0 Å². The average molecular weight is 326 g/mol. The molecule has 1 aliphatic rings.